The van der Waals surface area contributed by atoms with E-state index in [0.717, 1.165) is 18.7 Å². The number of anilines is 2. The monoisotopic (exact) mass is 517 g/mol. The summed E-state index contributed by atoms with van der Waals surface area (Å²) in [5.41, 5.74) is -0.477. The first-order valence-electron chi connectivity index (χ1n) is 11.0. The number of hydrogen-bond acceptors (Lipinski definition) is 8. The quantitative estimate of drug-likeness (QED) is 0.303. The van der Waals surface area contributed by atoms with Gasteiger partial charge in [-0.05, 0) is 70.5 Å². The molecule has 12 heteroatoms. The van der Waals surface area contributed by atoms with Crippen molar-refractivity contribution in [1.82, 2.24) is 15.0 Å². The van der Waals surface area contributed by atoms with Crippen LogP contribution < -0.4 is 15.4 Å². The van der Waals surface area contributed by atoms with E-state index in [4.69, 9.17) is 21.1 Å². The number of carbonyl (C=O) groups excluding carboxylic acids is 1. The predicted molar refractivity (Wildman–Crippen MR) is 130 cm³/mol. The van der Waals surface area contributed by atoms with Gasteiger partial charge in [0.15, 0.2) is 0 Å². The van der Waals surface area contributed by atoms with Crippen molar-refractivity contribution in [3.63, 3.8) is 0 Å². The molecule has 0 aliphatic rings. The maximum absolute atomic E-state index is 12.4. The Hall–Kier alpha value is -3.08. The Labute approximate surface area is 208 Å². The van der Waals surface area contributed by atoms with Crippen LogP contribution in [0.1, 0.15) is 46.6 Å². The maximum atomic E-state index is 12.4. The molecule has 0 spiro atoms. The Kier molecular flexibility index (Phi) is 12.3. The van der Waals surface area contributed by atoms with Gasteiger partial charge in [-0.25, -0.2) is 4.79 Å². The molecule has 1 atom stereocenters. The fourth-order valence-electron chi connectivity index (χ4n) is 2.57. The molecule has 1 unspecified atom stereocenters. The lowest BCUT2D eigenvalue weighted by Crippen LogP contribution is -2.17. The average molecular weight is 518 g/mol. The molecule has 0 saturated heterocycles. The maximum Gasteiger partial charge on any atom is 0.416 e. The predicted octanol–water partition coefficient (Wildman–Crippen LogP) is 5.76. The van der Waals surface area contributed by atoms with Gasteiger partial charge in [0.25, 0.3) is 0 Å². The van der Waals surface area contributed by atoms with Gasteiger partial charge >= 0.3 is 12.1 Å². The van der Waals surface area contributed by atoms with E-state index in [0.29, 0.717) is 17.6 Å². The summed E-state index contributed by atoms with van der Waals surface area (Å²) in [5.74, 6) is 0.791. The molecule has 35 heavy (non-hydrogen) atoms. The summed E-state index contributed by atoms with van der Waals surface area (Å²) in [5, 5.41) is 6.23. The van der Waals surface area contributed by atoms with E-state index in [9.17, 15) is 18.0 Å². The molecule has 194 valence electrons. The van der Waals surface area contributed by atoms with Crippen LogP contribution in [0.15, 0.2) is 36.4 Å². The Bertz CT molecular complexity index is 956. The second-order valence-corrected chi connectivity index (χ2v) is 7.90. The topological polar surface area (TPSA) is 98.3 Å². The van der Waals surface area contributed by atoms with Crippen molar-refractivity contribution in [3.05, 3.63) is 47.3 Å². The zero-order valence-corrected chi connectivity index (χ0v) is 21.1. The summed E-state index contributed by atoms with van der Waals surface area (Å²) in [4.78, 5) is 23.4. The molecule has 2 N–H and O–H groups in total. The number of alkyl halides is 3. The van der Waals surface area contributed by atoms with E-state index in [2.05, 4.69) is 32.2 Å². The van der Waals surface area contributed by atoms with Gasteiger partial charge in [0.1, 0.15) is 11.9 Å². The molecule has 2 rings (SSSR count). The number of aromatic nitrogens is 3. The smallest absolute Gasteiger partial charge is 0.416 e. The molecule has 0 fully saturated rings. The van der Waals surface area contributed by atoms with Crippen molar-refractivity contribution in [1.29, 1.82) is 0 Å². The number of esters is 1. The molecule has 0 bridgehead atoms. The van der Waals surface area contributed by atoms with Gasteiger partial charge in [0, 0.05) is 24.6 Å². The van der Waals surface area contributed by atoms with Gasteiger partial charge in [0.05, 0.1) is 12.2 Å². The molecule has 0 radical (unpaired) electrons. The first kappa shape index (κ1) is 30.0. The zero-order valence-electron chi connectivity index (χ0n) is 20.4. The summed E-state index contributed by atoms with van der Waals surface area (Å²) in [6.45, 7) is 14.0. The molecule has 0 saturated carbocycles. The SMILES string of the molecule is C=C(CC(C)Oc1ccc(C(F)(F)F)cc1)C(=O)OCC.CCNc1nc(Cl)nc(NC(C)C)n1. The lowest BCUT2D eigenvalue weighted by Gasteiger charge is -2.16. The first-order chi connectivity index (χ1) is 16.3. The van der Waals surface area contributed by atoms with E-state index in [1.54, 1.807) is 13.8 Å². The first-order valence-corrected chi connectivity index (χ1v) is 11.3. The number of benzene rings is 1. The number of hydrogen-bond donors (Lipinski definition) is 2. The van der Waals surface area contributed by atoms with Crippen LogP contribution in [-0.4, -0.2) is 46.2 Å². The van der Waals surface area contributed by atoms with Crippen LogP contribution in [0.2, 0.25) is 5.28 Å². The van der Waals surface area contributed by atoms with Crippen LogP contribution in [0, 0.1) is 0 Å². The van der Waals surface area contributed by atoms with E-state index >= 15 is 0 Å². The van der Waals surface area contributed by atoms with Gasteiger partial charge in [-0.2, -0.15) is 28.1 Å². The molecule has 8 nitrogen and oxygen atoms in total. The Balaban J connectivity index is 0.000000379. The summed E-state index contributed by atoms with van der Waals surface area (Å²) in [6, 6.07) is 4.64. The summed E-state index contributed by atoms with van der Waals surface area (Å²) < 4.78 is 47.5. The van der Waals surface area contributed by atoms with Gasteiger partial charge in [-0.1, -0.05) is 6.58 Å². The lowest BCUT2D eigenvalue weighted by molar-refractivity contribution is -0.139. The molecule has 1 heterocycles. The Morgan fingerprint density at radius 2 is 1.69 bits per heavy atom. The van der Waals surface area contributed by atoms with Crippen molar-refractivity contribution < 1.29 is 27.4 Å². The fraction of sp³-hybridized carbons (Fsp3) is 0.478. The largest absolute Gasteiger partial charge is 0.490 e. The minimum atomic E-state index is -4.37. The number of nitrogens with zero attached hydrogens (tertiary/aromatic N) is 3. The van der Waals surface area contributed by atoms with Crippen LogP contribution in [-0.2, 0) is 15.7 Å². The minimum absolute atomic E-state index is 0.194. The summed E-state index contributed by atoms with van der Waals surface area (Å²) in [7, 11) is 0. The number of ether oxygens (including phenoxy) is 2. The van der Waals surface area contributed by atoms with Crippen LogP contribution in [0.5, 0.6) is 5.75 Å². The number of halogens is 4. The zero-order chi connectivity index (χ0) is 26.6. The van der Waals surface area contributed by atoms with E-state index < -0.39 is 23.8 Å². The Morgan fingerprint density at radius 3 is 2.20 bits per heavy atom. The molecule has 0 amide bonds. The second-order valence-electron chi connectivity index (χ2n) is 7.56. The van der Waals surface area contributed by atoms with Crippen LogP contribution in [0.3, 0.4) is 0 Å². The molecule has 1 aromatic carbocycles. The molecular formula is C23H31ClF3N5O3. The van der Waals surface area contributed by atoms with E-state index in [-0.39, 0.29) is 29.9 Å². The van der Waals surface area contributed by atoms with Crippen molar-refractivity contribution >= 4 is 29.5 Å². The van der Waals surface area contributed by atoms with E-state index in [1.165, 1.54) is 12.1 Å². The lowest BCUT2D eigenvalue weighted by atomic mass is 10.1. The highest BCUT2D eigenvalue weighted by Gasteiger charge is 2.30. The van der Waals surface area contributed by atoms with Crippen molar-refractivity contribution in [2.24, 2.45) is 0 Å². The second kappa shape index (κ2) is 14.3. The highest BCUT2D eigenvalue weighted by Crippen LogP contribution is 2.30. The molecule has 0 aliphatic carbocycles. The molecule has 0 aliphatic heterocycles. The van der Waals surface area contributed by atoms with Crippen LogP contribution >= 0.6 is 11.6 Å². The number of carbonyl (C=O) groups is 1. The molecule has 1 aromatic heterocycles. The van der Waals surface area contributed by atoms with E-state index in [1.807, 2.05) is 20.8 Å². The Morgan fingerprint density at radius 1 is 1.09 bits per heavy atom. The molecule has 2 aromatic rings. The number of rotatable bonds is 10. The standard InChI is InChI=1S/C15H17F3O3.C8H14ClN5/c1-4-20-14(19)10(2)9-11(3)21-13-7-5-12(6-8-13)15(16,17)18;1-4-10-7-12-6(9)13-8(14-7)11-5(2)3/h5-8,11H,2,4,9H2,1,3H3;5H,4H2,1-3H3,(H2,10,11,12,13,14). The third kappa shape index (κ3) is 11.7. The third-order valence-electron chi connectivity index (χ3n) is 3.98. The van der Waals surface area contributed by atoms with Crippen molar-refractivity contribution in [3.8, 4) is 5.75 Å². The van der Waals surface area contributed by atoms with Gasteiger partial charge in [-0.15, -0.1) is 0 Å². The third-order valence-corrected chi connectivity index (χ3v) is 4.15. The summed E-state index contributed by atoms with van der Waals surface area (Å²) in [6.07, 6.45) is -4.54. The summed E-state index contributed by atoms with van der Waals surface area (Å²) >= 11 is 5.73. The number of nitrogens with one attached hydrogen (secondary N) is 2. The minimum Gasteiger partial charge on any atom is -0.490 e. The van der Waals surface area contributed by atoms with Crippen LogP contribution in [0.25, 0.3) is 0 Å². The van der Waals surface area contributed by atoms with Crippen LogP contribution in [0.4, 0.5) is 25.1 Å². The van der Waals surface area contributed by atoms with Gasteiger partial charge in [-0.3, -0.25) is 0 Å². The highest BCUT2D eigenvalue weighted by molar-refractivity contribution is 6.28. The fourth-order valence-corrected chi connectivity index (χ4v) is 2.73. The van der Waals surface area contributed by atoms with Gasteiger partial charge < -0.3 is 20.1 Å². The molecular weight excluding hydrogens is 487 g/mol. The van der Waals surface area contributed by atoms with Crippen molar-refractivity contribution in [2.75, 3.05) is 23.8 Å². The highest BCUT2D eigenvalue weighted by atomic mass is 35.5. The van der Waals surface area contributed by atoms with Gasteiger partial charge in [0.2, 0.25) is 17.2 Å². The van der Waals surface area contributed by atoms with Crippen molar-refractivity contribution in [2.45, 2.75) is 59.4 Å². The normalized spacial score (nSPS) is 11.7. The average Bonchev–Trinajstić information content (AvgIpc) is 2.73.